The van der Waals surface area contributed by atoms with Gasteiger partial charge in [0, 0.05) is 7.05 Å². The first-order chi connectivity index (χ1) is 12.3. The predicted molar refractivity (Wildman–Crippen MR) is 99.4 cm³/mol. The highest BCUT2D eigenvalue weighted by Crippen LogP contribution is 2.30. The Morgan fingerprint density at radius 2 is 2.00 bits per heavy atom. The molecule has 3 rings (SSSR count). The molecule has 26 heavy (non-hydrogen) atoms. The van der Waals surface area contributed by atoms with Gasteiger partial charge in [0.1, 0.15) is 30.2 Å². The summed E-state index contributed by atoms with van der Waals surface area (Å²) in [5.41, 5.74) is 1.31. The van der Waals surface area contributed by atoms with Crippen molar-refractivity contribution in [1.82, 2.24) is 19.3 Å². The van der Waals surface area contributed by atoms with Gasteiger partial charge in [-0.1, -0.05) is 39.0 Å². The predicted octanol–water partition coefficient (Wildman–Crippen LogP) is 1.87. The van der Waals surface area contributed by atoms with Crippen molar-refractivity contribution in [3.8, 4) is 5.75 Å². The number of hydrogen-bond donors (Lipinski definition) is 1. The zero-order valence-corrected chi connectivity index (χ0v) is 15.5. The molecule has 2 aromatic heterocycles. The molecule has 0 radical (unpaired) electrons. The van der Waals surface area contributed by atoms with Gasteiger partial charge in [-0.25, -0.2) is 4.98 Å². The van der Waals surface area contributed by atoms with E-state index in [2.05, 4.69) is 30.9 Å². The normalized spacial score (nSPS) is 13.1. The Morgan fingerprint density at radius 1 is 1.27 bits per heavy atom. The summed E-state index contributed by atoms with van der Waals surface area (Å²) in [7, 11) is 1.73. The fourth-order valence-electron chi connectivity index (χ4n) is 2.87. The Bertz CT molecular complexity index is 969. The highest BCUT2D eigenvalue weighted by molar-refractivity contribution is 5.72. The number of rotatable bonds is 5. The highest BCUT2D eigenvalue weighted by atomic mass is 16.5. The molecule has 0 saturated carbocycles. The lowest BCUT2D eigenvalue weighted by Gasteiger charge is -2.23. The molecule has 0 fully saturated rings. The number of aliphatic hydroxyl groups is 1. The molecule has 1 aromatic carbocycles. The molecule has 0 saturated heterocycles. The Morgan fingerprint density at radius 3 is 2.73 bits per heavy atom. The van der Waals surface area contributed by atoms with E-state index in [9.17, 15) is 9.90 Å². The van der Waals surface area contributed by atoms with Gasteiger partial charge in [-0.3, -0.25) is 14.0 Å². The van der Waals surface area contributed by atoms with Gasteiger partial charge in [0.05, 0.1) is 12.7 Å². The fourth-order valence-corrected chi connectivity index (χ4v) is 2.87. The molecule has 0 bridgehead atoms. The van der Waals surface area contributed by atoms with Crippen molar-refractivity contribution < 1.29 is 9.84 Å². The van der Waals surface area contributed by atoms with Crippen molar-refractivity contribution in [2.75, 3.05) is 6.61 Å². The lowest BCUT2D eigenvalue weighted by molar-refractivity contribution is 0.0905. The van der Waals surface area contributed by atoms with Crippen molar-refractivity contribution in [2.45, 2.75) is 38.8 Å². The van der Waals surface area contributed by atoms with Crippen molar-refractivity contribution in [1.29, 1.82) is 0 Å². The number of para-hydroxylation sites is 1. The summed E-state index contributed by atoms with van der Waals surface area (Å²) >= 11 is 0. The zero-order chi connectivity index (χ0) is 18.9. The lowest BCUT2D eigenvalue weighted by atomic mass is 9.86. The average Bonchev–Trinajstić information content (AvgIpc) is 2.97. The Hall–Kier alpha value is -2.67. The quantitative estimate of drug-likeness (QED) is 0.755. The van der Waals surface area contributed by atoms with Gasteiger partial charge in [0.25, 0.3) is 5.56 Å². The van der Waals surface area contributed by atoms with E-state index in [0.717, 1.165) is 11.3 Å². The molecular weight excluding hydrogens is 332 g/mol. The topological polar surface area (TPSA) is 82.2 Å². The van der Waals surface area contributed by atoms with Gasteiger partial charge >= 0.3 is 0 Å². The second-order valence-electron chi connectivity index (χ2n) is 7.42. The Balaban J connectivity index is 1.72. The third-order valence-electron chi connectivity index (χ3n) is 4.25. The van der Waals surface area contributed by atoms with Crippen LogP contribution in [-0.2, 0) is 19.0 Å². The van der Waals surface area contributed by atoms with Crippen molar-refractivity contribution in [3.63, 3.8) is 0 Å². The smallest absolute Gasteiger partial charge is 0.264 e. The summed E-state index contributed by atoms with van der Waals surface area (Å²) in [4.78, 5) is 16.7. The van der Waals surface area contributed by atoms with Crippen LogP contribution in [0.2, 0.25) is 0 Å². The van der Waals surface area contributed by atoms with E-state index in [4.69, 9.17) is 4.74 Å². The molecule has 0 amide bonds. The van der Waals surface area contributed by atoms with Crippen LogP contribution in [0, 0.1) is 0 Å². The molecule has 0 aliphatic heterocycles. The molecule has 7 nitrogen and oxygen atoms in total. The van der Waals surface area contributed by atoms with E-state index in [1.807, 2.05) is 24.3 Å². The monoisotopic (exact) mass is 356 g/mol. The first-order valence-electron chi connectivity index (χ1n) is 8.55. The maximum Gasteiger partial charge on any atom is 0.264 e. The van der Waals surface area contributed by atoms with Crippen molar-refractivity contribution in [3.05, 3.63) is 52.7 Å². The van der Waals surface area contributed by atoms with Crippen molar-refractivity contribution >= 4 is 11.0 Å². The van der Waals surface area contributed by atoms with Crippen LogP contribution >= 0.6 is 0 Å². The minimum Gasteiger partial charge on any atom is -0.491 e. The summed E-state index contributed by atoms with van der Waals surface area (Å²) in [6, 6.07) is 7.79. The maximum atomic E-state index is 12.5. The van der Waals surface area contributed by atoms with Crippen LogP contribution in [0.5, 0.6) is 5.75 Å². The second-order valence-corrected chi connectivity index (χ2v) is 7.42. The molecule has 1 N–H and O–H groups in total. The number of fused-ring (bicyclic) bond motifs is 1. The summed E-state index contributed by atoms with van der Waals surface area (Å²) in [6.07, 6.45) is 2.08. The van der Waals surface area contributed by atoms with Gasteiger partial charge < -0.3 is 9.84 Å². The number of aryl methyl sites for hydroxylation is 1. The number of ether oxygens (including phenoxy) is 1. The molecule has 3 aromatic rings. The summed E-state index contributed by atoms with van der Waals surface area (Å²) in [5, 5.41) is 14.8. The van der Waals surface area contributed by atoms with Crippen LogP contribution in [0.25, 0.3) is 11.0 Å². The van der Waals surface area contributed by atoms with E-state index in [0.29, 0.717) is 11.0 Å². The highest BCUT2D eigenvalue weighted by Gasteiger charge is 2.19. The molecule has 0 aliphatic carbocycles. The van der Waals surface area contributed by atoms with Crippen LogP contribution < -0.4 is 10.3 Å². The van der Waals surface area contributed by atoms with E-state index in [1.54, 1.807) is 11.7 Å². The first kappa shape index (κ1) is 18.1. The standard InChI is InChI=1S/C19H24N4O3/c1-19(2,3)15-7-5-6-8-16(15)26-11-13(24)10-23-12-20-17-14(18(23)25)9-21-22(17)4/h5-9,12-13,24H,10-11H2,1-4H3. The maximum absolute atomic E-state index is 12.5. The zero-order valence-electron chi connectivity index (χ0n) is 15.5. The molecular formula is C19H24N4O3. The van der Waals surface area contributed by atoms with Gasteiger partial charge in [-0.2, -0.15) is 5.10 Å². The van der Waals surface area contributed by atoms with Crippen LogP contribution in [0.3, 0.4) is 0 Å². The van der Waals surface area contributed by atoms with Crippen LogP contribution in [0.1, 0.15) is 26.3 Å². The van der Waals surface area contributed by atoms with Crippen molar-refractivity contribution in [2.24, 2.45) is 7.05 Å². The largest absolute Gasteiger partial charge is 0.491 e. The number of aromatic nitrogens is 4. The van der Waals surface area contributed by atoms with E-state index in [1.165, 1.54) is 17.1 Å². The molecule has 1 atom stereocenters. The number of benzene rings is 1. The van der Waals surface area contributed by atoms with Crippen LogP contribution in [-0.4, -0.2) is 37.1 Å². The van der Waals surface area contributed by atoms with E-state index >= 15 is 0 Å². The second kappa shape index (κ2) is 6.92. The summed E-state index contributed by atoms with van der Waals surface area (Å²) < 4.78 is 8.76. The third kappa shape index (κ3) is 3.62. The van der Waals surface area contributed by atoms with Gasteiger partial charge in [-0.05, 0) is 17.0 Å². The summed E-state index contributed by atoms with van der Waals surface area (Å²) in [6.45, 7) is 6.53. The molecule has 0 spiro atoms. The number of nitrogens with zero attached hydrogens (tertiary/aromatic N) is 4. The lowest BCUT2D eigenvalue weighted by Crippen LogP contribution is -2.30. The molecule has 1 unspecified atom stereocenters. The number of hydrogen-bond acceptors (Lipinski definition) is 5. The van der Waals surface area contributed by atoms with Crippen LogP contribution in [0.4, 0.5) is 0 Å². The molecule has 2 heterocycles. The fraction of sp³-hybridized carbons (Fsp3) is 0.421. The Kier molecular flexibility index (Phi) is 4.82. The van der Waals surface area contributed by atoms with Crippen LogP contribution in [0.15, 0.2) is 41.6 Å². The average molecular weight is 356 g/mol. The molecule has 0 aliphatic rings. The van der Waals surface area contributed by atoms with Gasteiger partial charge in [0.15, 0.2) is 5.65 Å². The minimum atomic E-state index is -0.836. The summed E-state index contributed by atoms with van der Waals surface area (Å²) in [5.74, 6) is 0.743. The number of aliphatic hydroxyl groups excluding tert-OH is 1. The Labute approximate surface area is 151 Å². The SMILES string of the molecule is Cn1ncc2c(=O)n(CC(O)COc3ccccc3C(C)(C)C)cnc21. The molecule has 7 heteroatoms. The third-order valence-corrected chi connectivity index (χ3v) is 4.25. The first-order valence-corrected chi connectivity index (χ1v) is 8.55. The minimum absolute atomic E-state index is 0.0618. The molecule has 138 valence electrons. The van der Waals surface area contributed by atoms with Gasteiger partial charge in [-0.15, -0.1) is 0 Å². The van der Waals surface area contributed by atoms with E-state index < -0.39 is 6.10 Å². The van der Waals surface area contributed by atoms with Gasteiger partial charge in [0.2, 0.25) is 0 Å². The van der Waals surface area contributed by atoms with E-state index in [-0.39, 0.29) is 24.1 Å².